The Bertz CT molecular complexity index is 163. The third kappa shape index (κ3) is 31.6. The van der Waals surface area contributed by atoms with Gasteiger partial charge in [-0.3, -0.25) is 6.08 Å². The van der Waals surface area contributed by atoms with E-state index in [1.54, 1.807) is 0 Å². The molecule has 0 saturated carbocycles. The van der Waals surface area contributed by atoms with Crippen LogP contribution in [0.15, 0.2) is 18.2 Å². The number of allylic oxidation sites excluding steroid dienone is 4. The first-order valence-corrected chi connectivity index (χ1v) is 10.0. The molecule has 0 unspecified atom stereocenters. The van der Waals surface area contributed by atoms with Crippen LogP contribution in [0.1, 0.15) is 20.3 Å². The van der Waals surface area contributed by atoms with Crippen LogP contribution >= 0.6 is 32.3 Å². The summed E-state index contributed by atoms with van der Waals surface area (Å²) in [5.74, 6) is 0. The van der Waals surface area contributed by atoms with Crippen LogP contribution in [0.2, 0.25) is 13.1 Å². The first kappa shape index (κ1) is 49.6. The van der Waals surface area contributed by atoms with Crippen LogP contribution in [0.3, 0.4) is 0 Å². The molecule has 0 nitrogen and oxygen atoms in total. The van der Waals surface area contributed by atoms with E-state index < -0.39 is 0 Å². The molecule has 0 saturated heterocycles. The van der Waals surface area contributed by atoms with Gasteiger partial charge in [-0.25, -0.2) is 12.2 Å². The van der Waals surface area contributed by atoms with E-state index in [9.17, 15) is 0 Å². The summed E-state index contributed by atoms with van der Waals surface area (Å²) < 4.78 is 0. The molecule has 1 aliphatic rings. The summed E-state index contributed by atoms with van der Waals surface area (Å²) in [5, 5.41) is 0. The van der Waals surface area contributed by atoms with E-state index in [2.05, 4.69) is 39.1 Å². The number of rotatable bonds is 3. The summed E-state index contributed by atoms with van der Waals surface area (Å²) in [6.45, 7) is 9.52. The van der Waals surface area contributed by atoms with Crippen LogP contribution < -0.4 is 0 Å². The second-order valence-electron chi connectivity index (χ2n) is 3.12. The quantitative estimate of drug-likeness (QED) is 0.282. The van der Waals surface area contributed by atoms with Gasteiger partial charge in [0.15, 0.2) is 0 Å². The van der Waals surface area contributed by atoms with Gasteiger partial charge in [0.25, 0.3) is 0 Å². The van der Waals surface area contributed by atoms with Crippen molar-refractivity contribution in [3.8, 4) is 0 Å². The van der Waals surface area contributed by atoms with E-state index >= 15 is 0 Å². The molecule has 0 bridgehead atoms. The maximum atomic E-state index is 2.99. The van der Waals surface area contributed by atoms with E-state index in [0.29, 0.717) is 7.47 Å². The minimum atomic E-state index is 0. The average molecular weight is 397 g/mol. The Kier molecular flexibility index (Phi) is 91.7. The number of halogens is 2. The first-order valence-electron chi connectivity index (χ1n) is 4.99. The summed E-state index contributed by atoms with van der Waals surface area (Å²) in [4.78, 5) is 0. The summed E-state index contributed by atoms with van der Waals surface area (Å²) in [7, 11) is 0.577. The standard InChI is InChI=1S/C6H16PSi.C5H5.4CH3.2ClH.Cr/c1-5-7(6-2)8(3)4;1-2-4-5-3-1;;;;;;;/h5-6H2,1-4H3;1-3H,4H2;4*1H3;2*1H;/q;5*-1;;;+5. The Morgan fingerprint density at radius 2 is 1.40 bits per heavy atom. The topological polar surface area (TPSA) is 0 Å². The van der Waals surface area contributed by atoms with Gasteiger partial charge in [-0.2, -0.15) is 6.08 Å². The van der Waals surface area contributed by atoms with Crippen molar-refractivity contribution in [1.29, 1.82) is 0 Å². The maximum absolute atomic E-state index is 2.99. The molecule has 0 aromatic rings. The van der Waals surface area contributed by atoms with Gasteiger partial charge in [0.2, 0.25) is 0 Å². The molecule has 5 heteroatoms. The van der Waals surface area contributed by atoms with Crippen molar-refractivity contribution in [3.05, 3.63) is 54.0 Å². The third-order valence-corrected chi connectivity index (χ3v) is 10.5. The van der Waals surface area contributed by atoms with Gasteiger partial charge < -0.3 is 29.7 Å². The summed E-state index contributed by atoms with van der Waals surface area (Å²) >= 11 is 0. The van der Waals surface area contributed by atoms with Crippen molar-refractivity contribution in [3.63, 3.8) is 0 Å². The van der Waals surface area contributed by atoms with Gasteiger partial charge in [0, 0.05) is 0 Å². The monoisotopic (exact) mass is 396 g/mol. The SMILES string of the molecule is CCP(CC)[Si](C)C.Cl.Cl.[C-]1=CC=CC1.[CH3-].[CH3-].[CH3-].[CH3-].[Cr+5]. The molecule has 20 heavy (non-hydrogen) atoms. The normalized spacial score (nSPS) is 8.90. The summed E-state index contributed by atoms with van der Waals surface area (Å²) in [6, 6.07) is 0. The largest absolute Gasteiger partial charge is 5.00 e. The molecular formula is C15H35Cl2CrPSi. The Labute approximate surface area is 157 Å². The van der Waals surface area contributed by atoms with Crippen molar-refractivity contribution in [2.24, 2.45) is 0 Å². The van der Waals surface area contributed by atoms with Gasteiger partial charge in [-0.1, -0.05) is 26.9 Å². The zero-order valence-electron chi connectivity index (χ0n) is 14.5. The minimum absolute atomic E-state index is 0. The van der Waals surface area contributed by atoms with Crippen LogP contribution in [0.4, 0.5) is 0 Å². The van der Waals surface area contributed by atoms with E-state index in [1.807, 2.05) is 12.2 Å². The molecule has 0 aromatic heterocycles. The Hall–Kier alpha value is 1.24. The molecule has 0 atom stereocenters. The second-order valence-corrected chi connectivity index (χ2v) is 11.9. The molecule has 1 aliphatic carbocycles. The van der Waals surface area contributed by atoms with E-state index in [-0.39, 0.29) is 80.3 Å². The number of hydrogen-bond donors (Lipinski definition) is 0. The van der Waals surface area contributed by atoms with Crippen LogP contribution in [-0.4, -0.2) is 20.8 Å². The molecule has 0 spiro atoms. The van der Waals surface area contributed by atoms with E-state index in [0.717, 1.165) is 6.42 Å². The van der Waals surface area contributed by atoms with E-state index in [4.69, 9.17) is 0 Å². The zero-order chi connectivity index (χ0) is 10.1. The molecule has 0 aromatic carbocycles. The van der Waals surface area contributed by atoms with Crippen molar-refractivity contribution >= 4 is 40.7 Å². The summed E-state index contributed by atoms with van der Waals surface area (Å²) in [5.41, 5.74) is 0. The smallest absolute Gasteiger partial charge is 0.358 e. The average Bonchev–Trinajstić information content (AvgIpc) is 2.62. The van der Waals surface area contributed by atoms with Crippen LogP contribution in [0.25, 0.3) is 0 Å². The third-order valence-electron chi connectivity index (χ3n) is 1.98. The Balaban J connectivity index is -0.0000000183. The second kappa shape index (κ2) is 36.9. The van der Waals surface area contributed by atoms with Crippen LogP contribution in [0, 0.1) is 35.8 Å². The molecule has 0 aliphatic heterocycles. The molecule has 0 amide bonds. The fourth-order valence-corrected chi connectivity index (χ4v) is 6.70. The zero-order valence-corrected chi connectivity index (χ0v) is 19.3. The van der Waals surface area contributed by atoms with Crippen molar-refractivity contribution in [2.75, 3.05) is 12.3 Å². The minimum Gasteiger partial charge on any atom is -0.358 e. The van der Waals surface area contributed by atoms with E-state index in [1.165, 1.54) is 12.3 Å². The molecule has 124 valence electrons. The maximum Gasteiger partial charge on any atom is 5.00 e. The van der Waals surface area contributed by atoms with Gasteiger partial charge in [0.1, 0.15) is 0 Å². The van der Waals surface area contributed by atoms with Crippen LogP contribution in [-0.2, 0) is 17.4 Å². The van der Waals surface area contributed by atoms with Crippen molar-refractivity contribution in [1.82, 2.24) is 0 Å². The fourth-order valence-electron chi connectivity index (χ4n) is 1.20. The first-order chi connectivity index (χ1) is 6.22. The van der Waals surface area contributed by atoms with Gasteiger partial charge in [0.05, 0.1) is 8.46 Å². The Morgan fingerprint density at radius 1 is 1.00 bits per heavy atom. The molecule has 0 fully saturated rings. The van der Waals surface area contributed by atoms with Gasteiger partial charge in [-0.05, 0) is 12.3 Å². The molecule has 1 rings (SSSR count). The Morgan fingerprint density at radius 3 is 1.45 bits per heavy atom. The number of hydrogen-bond acceptors (Lipinski definition) is 0. The van der Waals surface area contributed by atoms with Crippen LogP contribution in [0.5, 0.6) is 0 Å². The predicted molar refractivity (Wildman–Crippen MR) is 107 cm³/mol. The van der Waals surface area contributed by atoms with Gasteiger partial charge in [-0.15, -0.1) is 38.7 Å². The van der Waals surface area contributed by atoms with Crippen molar-refractivity contribution < 1.29 is 17.4 Å². The van der Waals surface area contributed by atoms with Gasteiger partial charge >= 0.3 is 17.4 Å². The predicted octanol–water partition coefficient (Wildman–Crippen LogP) is 6.71. The molecule has 2 radical (unpaired) electrons. The molecule has 0 N–H and O–H groups in total. The molecular weight excluding hydrogens is 362 g/mol. The molecule has 0 heterocycles. The summed E-state index contributed by atoms with van der Waals surface area (Å²) in [6.07, 6.45) is 12.9. The fraction of sp³-hybridized carbons (Fsp3) is 0.467. The van der Waals surface area contributed by atoms with Crippen molar-refractivity contribution in [2.45, 2.75) is 33.4 Å².